The molecule has 25 heavy (non-hydrogen) atoms. The Labute approximate surface area is 151 Å². The summed E-state index contributed by atoms with van der Waals surface area (Å²) in [5, 5.41) is 2.75. The summed E-state index contributed by atoms with van der Waals surface area (Å²) in [4.78, 5) is 21.2. The highest BCUT2D eigenvalue weighted by Gasteiger charge is 2.53. The van der Waals surface area contributed by atoms with Gasteiger partial charge in [-0.15, -0.1) is 11.3 Å². The zero-order valence-electron chi connectivity index (χ0n) is 14.0. The van der Waals surface area contributed by atoms with E-state index in [0.717, 1.165) is 17.6 Å². The summed E-state index contributed by atoms with van der Waals surface area (Å²) in [6, 6.07) is 11.9. The van der Waals surface area contributed by atoms with E-state index in [-0.39, 0.29) is 0 Å². The third kappa shape index (κ3) is 2.39. The standard InChI is InChI=1S/C19H22N4OS/c20-18(24)15-11-25-19(21-15)23-10-14(12-4-2-1-3-5-12)17-16(23)13-6-8-22(17)9-7-13/h1-5,11,13-14,16-17H,6-10H2,(H2,20,24)/t14-,16+,17+/m0/s1. The number of anilines is 1. The van der Waals surface area contributed by atoms with Gasteiger partial charge < -0.3 is 10.6 Å². The number of nitrogens with two attached hydrogens (primary N) is 1. The van der Waals surface area contributed by atoms with Crippen LogP contribution >= 0.6 is 11.3 Å². The first kappa shape index (κ1) is 15.3. The molecule has 1 aromatic heterocycles. The minimum absolute atomic E-state index is 0.390. The maximum Gasteiger partial charge on any atom is 0.268 e. The Kier molecular flexibility index (Phi) is 3.57. The van der Waals surface area contributed by atoms with Crippen molar-refractivity contribution in [3.8, 4) is 0 Å². The van der Waals surface area contributed by atoms with E-state index in [9.17, 15) is 4.79 Å². The molecule has 130 valence electrons. The molecule has 5 nitrogen and oxygen atoms in total. The minimum atomic E-state index is -0.438. The van der Waals surface area contributed by atoms with Crippen molar-refractivity contribution in [3.05, 3.63) is 47.0 Å². The first-order valence-electron chi connectivity index (χ1n) is 9.03. The zero-order chi connectivity index (χ0) is 17.0. The van der Waals surface area contributed by atoms with Crippen LogP contribution in [0, 0.1) is 5.92 Å². The predicted octanol–water partition coefficient (Wildman–Crippen LogP) is 2.31. The lowest BCUT2D eigenvalue weighted by Crippen LogP contribution is -2.60. The number of amides is 1. The predicted molar refractivity (Wildman–Crippen MR) is 99.0 cm³/mol. The molecule has 4 saturated heterocycles. The van der Waals surface area contributed by atoms with Crippen LogP contribution in [0.1, 0.15) is 34.8 Å². The van der Waals surface area contributed by atoms with Crippen molar-refractivity contribution in [2.45, 2.75) is 30.8 Å². The van der Waals surface area contributed by atoms with Crippen LogP contribution in [0.5, 0.6) is 0 Å². The Morgan fingerprint density at radius 3 is 2.60 bits per heavy atom. The first-order chi connectivity index (χ1) is 12.2. The van der Waals surface area contributed by atoms with E-state index < -0.39 is 5.91 Å². The van der Waals surface area contributed by atoms with Crippen LogP contribution in [0.4, 0.5) is 5.13 Å². The summed E-state index contributed by atoms with van der Waals surface area (Å²) in [5.41, 5.74) is 7.22. The largest absolute Gasteiger partial charge is 0.364 e. The second kappa shape index (κ2) is 5.81. The number of thiazole rings is 1. The summed E-state index contributed by atoms with van der Waals surface area (Å²) >= 11 is 1.55. The number of carbonyl (C=O) groups is 1. The summed E-state index contributed by atoms with van der Waals surface area (Å²) in [5.74, 6) is 0.784. The quantitative estimate of drug-likeness (QED) is 0.919. The van der Waals surface area contributed by atoms with Gasteiger partial charge in [-0.05, 0) is 37.4 Å². The van der Waals surface area contributed by atoms with E-state index in [4.69, 9.17) is 5.73 Å². The maximum absolute atomic E-state index is 11.5. The van der Waals surface area contributed by atoms with E-state index in [0.29, 0.717) is 23.7 Å². The Morgan fingerprint density at radius 1 is 1.16 bits per heavy atom. The molecule has 4 fully saturated rings. The van der Waals surface area contributed by atoms with Gasteiger partial charge in [-0.2, -0.15) is 0 Å². The molecule has 6 heteroatoms. The average molecular weight is 354 g/mol. The van der Waals surface area contributed by atoms with E-state index in [1.54, 1.807) is 16.7 Å². The molecule has 6 rings (SSSR count). The fraction of sp³-hybridized carbons (Fsp3) is 0.474. The van der Waals surface area contributed by atoms with Crippen molar-refractivity contribution < 1.29 is 4.79 Å². The van der Waals surface area contributed by atoms with Crippen LogP contribution in [0.3, 0.4) is 0 Å². The smallest absolute Gasteiger partial charge is 0.268 e. The van der Waals surface area contributed by atoms with Crippen LogP contribution in [0.25, 0.3) is 0 Å². The molecule has 4 aliphatic heterocycles. The van der Waals surface area contributed by atoms with Gasteiger partial charge in [0, 0.05) is 23.9 Å². The van der Waals surface area contributed by atoms with Crippen molar-refractivity contribution in [2.75, 3.05) is 24.5 Å². The summed E-state index contributed by atoms with van der Waals surface area (Å²) in [7, 11) is 0. The van der Waals surface area contributed by atoms with Crippen molar-refractivity contribution in [1.29, 1.82) is 0 Å². The van der Waals surface area contributed by atoms with Crippen LogP contribution in [0.2, 0.25) is 0 Å². The Balaban J connectivity index is 1.54. The fourth-order valence-electron chi connectivity index (χ4n) is 5.14. The van der Waals surface area contributed by atoms with Gasteiger partial charge in [0.2, 0.25) is 0 Å². The molecule has 3 atom stereocenters. The Bertz CT molecular complexity index is 784. The van der Waals surface area contributed by atoms with Gasteiger partial charge in [0.05, 0.1) is 6.04 Å². The van der Waals surface area contributed by atoms with Crippen molar-refractivity contribution in [1.82, 2.24) is 9.88 Å². The molecular weight excluding hydrogens is 332 g/mol. The Hall–Kier alpha value is -1.92. The van der Waals surface area contributed by atoms with Gasteiger partial charge in [0.25, 0.3) is 5.91 Å². The number of benzene rings is 1. The van der Waals surface area contributed by atoms with Gasteiger partial charge in [-0.25, -0.2) is 4.98 Å². The molecule has 0 spiro atoms. The van der Waals surface area contributed by atoms with E-state index >= 15 is 0 Å². The summed E-state index contributed by atoms with van der Waals surface area (Å²) in [6.45, 7) is 3.40. The van der Waals surface area contributed by atoms with Crippen molar-refractivity contribution in [2.24, 2.45) is 11.7 Å². The van der Waals surface area contributed by atoms with E-state index in [2.05, 4.69) is 45.1 Å². The molecule has 0 radical (unpaired) electrons. The molecule has 1 aromatic carbocycles. The zero-order valence-corrected chi connectivity index (χ0v) is 14.9. The van der Waals surface area contributed by atoms with Gasteiger partial charge >= 0.3 is 0 Å². The lowest BCUT2D eigenvalue weighted by molar-refractivity contribution is 0.0356. The number of aromatic nitrogens is 1. The number of carbonyl (C=O) groups excluding carboxylic acids is 1. The normalized spacial score (nSPS) is 33.4. The maximum atomic E-state index is 11.5. The second-order valence-electron chi connectivity index (χ2n) is 7.40. The Morgan fingerprint density at radius 2 is 1.92 bits per heavy atom. The van der Waals surface area contributed by atoms with Crippen LogP contribution in [-0.4, -0.2) is 47.5 Å². The molecule has 0 aliphatic carbocycles. The number of hydrogen-bond acceptors (Lipinski definition) is 5. The molecule has 2 bridgehead atoms. The molecule has 0 saturated carbocycles. The van der Waals surface area contributed by atoms with Crippen molar-refractivity contribution >= 4 is 22.4 Å². The van der Waals surface area contributed by atoms with E-state index in [1.807, 2.05) is 0 Å². The highest BCUT2D eigenvalue weighted by molar-refractivity contribution is 7.14. The van der Waals surface area contributed by atoms with Crippen LogP contribution in [-0.2, 0) is 0 Å². The first-order valence-corrected chi connectivity index (χ1v) is 9.91. The van der Waals surface area contributed by atoms with Crippen LogP contribution in [0.15, 0.2) is 35.7 Å². The van der Waals surface area contributed by atoms with E-state index in [1.165, 1.54) is 31.5 Å². The van der Waals surface area contributed by atoms with Crippen molar-refractivity contribution in [3.63, 3.8) is 0 Å². The molecule has 5 heterocycles. The molecule has 2 N–H and O–H groups in total. The number of hydrogen-bond donors (Lipinski definition) is 1. The number of piperidine rings is 3. The number of primary amides is 1. The summed E-state index contributed by atoms with van der Waals surface area (Å²) in [6.07, 6.45) is 2.54. The highest BCUT2D eigenvalue weighted by Crippen LogP contribution is 2.48. The number of nitrogens with zero attached hydrogens (tertiary/aromatic N) is 3. The molecule has 1 amide bonds. The van der Waals surface area contributed by atoms with Gasteiger partial charge in [-0.1, -0.05) is 30.3 Å². The molecule has 0 unspecified atom stereocenters. The second-order valence-corrected chi connectivity index (χ2v) is 8.24. The third-order valence-electron chi connectivity index (χ3n) is 6.21. The average Bonchev–Trinajstić information content (AvgIpc) is 3.29. The SMILES string of the molecule is NC(=O)c1csc(N2C[C@@H](c3ccccc3)[C@@H]3[C@H]2C2CCN3CC2)n1. The molecular formula is C19H22N4OS. The van der Waals surface area contributed by atoms with Crippen LogP contribution < -0.4 is 10.6 Å². The van der Waals surface area contributed by atoms with Gasteiger partial charge in [0.15, 0.2) is 5.13 Å². The fourth-order valence-corrected chi connectivity index (χ4v) is 6.01. The lowest BCUT2D eigenvalue weighted by Gasteiger charge is -2.51. The minimum Gasteiger partial charge on any atom is -0.364 e. The number of rotatable bonds is 3. The third-order valence-corrected chi connectivity index (χ3v) is 7.09. The van der Waals surface area contributed by atoms with Gasteiger partial charge in [0.1, 0.15) is 5.69 Å². The summed E-state index contributed by atoms with van der Waals surface area (Å²) < 4.78 is 0. The molecule has 4 aliphatic rings. The topological polar surface area (TPSA) is 62.5 Å². The number of fused-ring (bicyclic) bond motifs is 2. The lowest BCUT2D eigenvalue weighted by atomic mass is 9.75. The highest BCUT2D eigenvalue weighted by atomic mass is 32.1. The molecule has 2 aromatic rings. The van der Waals surface area contributed by atoms with Gasteiger partial charge in [-0.3, -0.25) is 9.69 Å². The monoisotopic (exact) mass is 354 g/mol.